The first-order valence-electron chi connectivity index (χ1n) is 7.53. The second kappa shape index (κ2) is 6.42. The van der Waals surface area contributed by atoms with Gasteiger partial charge in [0.25, 0.3) is 0 Å². The van der Waals surface area contributed by atoms with Gasteiger partial charge in [-0.3, -0.25) is 0 Å². The summed E-state index contributed by atoms with van der Waals surface area (Å²) in [5, 5.41) is 3.68. The van der Waals surface area contributed by atoms with Gasteiger partial charge in [-0.25, -0.2) is 0 Å². The molecule has 1 aliphatic rings. The van der Waals surface area contributed by atoms with E-state index in [1.807, 2.05) is 0 Å². The molecule has 2 rings (SSSR count). The summed E-state index contributed by atoms with van der Waals surface area (Å²) in [5.74, 6) is 2.63. The van der Waals surface area contributed by atoms with E-state index in [9.17, 15) is 0 Å². The summed E-state index contributed by atoms with van der Waals surface area (Å²) >= 11 is 0. The van der Waals surface area contributed by atoms with Gasteiger partial charge >= 0.3 is 0 Å². The minimum atomic E-state index is 0.435. The number of benzene rings is 1. The van der Waals surface area contributed by atoms with E-state index < -0.39 is 0 Å². The monoisotopic (exact) mass is 261 g/mol. The standard InChI is InChI=1S/C17H27NO/c1-5-18-17(14-8-6-12(2)10-14)15-11-13(3)7-9-16(15)19-4/h7,9,11-12,14,17-18H,5-6,8,10H2,1-4H3. The average Bonchev–Trinajstić information content (AvgIpc) is 2.82. The Balaban J connectivity index is 2.30. The molecule has 2 nitrogen and oxygen atoms in total. The predicted octanol–water partition coefficient (Wildman–Crippen LogP) is 4.09. The van der Waals surface area contributed by atoms with Gasteiger partial charge in [-0.1, -0.05) is 38.0 Å². The van der Waals surface area contributed by atoms with E-state index in [4.69, 9.17) is 4.74 Å². The molecule has 1 saturated carbocycles. The molecule has 1 aromatic carbocycles. The number of rotatable bonds is 5. The van der Waals surface area contributed by atoms with E-state index in [1.165, 1.54) is 30.4 Å². The van der Waals surface area contributed by atoms with E-state index in [0.717, 1.165) is 24.1 Å². The van der Waals surface area contributed by atoms with Gasteiger partial charge in [0.05, 0.1) is 7.11 Å². The van der Waals surface area contributed by atoms with Crippen LogP contribution >= 0.6 is 0 Å². The van der Waals surface area contributed by atoms with Crippen molar-refractivity contribution in [2.24, 2.45) is 11.8 Å². The largest absolute Gasteiger partial charge is 0.496 e. The molecule has 3 unspecified atom stereocenters. The Labute approximate surface area is 117 Å². The molecule has 0 saturated heterocycles. The molecule has 0 spiro atoms. The zero-order valence-corrected chi connectivity index (χ0v) is 12.7. The number of methoxy groups -OCH3 is 1. The fourth-order valence-electron chi connectivity index (χ4n) is 3.40. The smallest absolute Gasteiger partial charge is 0.123 e. The van der Waals surface area contributed by atoms with Crippen LogP contribution in [0.3, 0.4) is 0 Å². The zero-order chi connectivity index (χ0) is 13.8. The molecule has 0 aliphatic heterocycles. The van der Waals surface area contributed by atoms with Crippen LogP contribution in [0.5, 0.6) is 5.75 Å². The van der Waals surface area contributed by atoms with E-state index in [1.54, 1.807) is 7.11 Å². The average molecular weight is 261 g/mol. The highest BCUT2D eigenvalue weighted by Gasteiger charge is 2.30. The Bertz CT molecular complexity index is 416. The van der Waals surface area contributed by atoms with Gasteiger partial charge in [0.1, 0.15) is 5.75 Å². The maximum atomic E-state index is 5.57. The Kier molecular flexibility index (Phi) is 4.87. The highest BCUT2D eigenvalue weighted by Crippen LogP contribution is 2.41. The van der Waals surface area contributed by atoms with E-state index in [-0.39, 0.29) is 0 Å². The van der Waals surface area contributed by atoms with Crippen LogP contribution in [0.2, 0.25) is 0 Å². The summed E-state index contributed by atoms with van der Waals surface area (Å²) < 4.78 is 5.57. The third-order valence-electron chi connectivity index (χ3n) is 4.35. The van der Waals surface area contributed by atoms with Gasteiger partial charge in [-0.05, 0) is 44.2 Å². The first-order valence-corrected chi connectivity index (χ1v) is 7.53. The molecular weight excluding hydrogens is 234 g/mol. The fraction of sp³-hybridized carbons (Fsp3) is 0.647. The maximum Gasteiger partial charge on any atom is 0.123 e. The third-order valence-corrected chi connectivity index (χ3v) is 4.35. The summed E-state index contributed by atoms with van der Waals surface area (Å²) in [6.07, 6.45) is 4.02. The first kappa shape index (κ1) is 14.4. The summed E-state index contributed by atoms with van der Waals surface area (Å²) in [4.78, 5) is 0. The number of ether oxygens (including phenoxy) is 1. The molecule has 1 aliphatic carbocycles. The molecule has 0 amide bonds. The van der Waals surface area contributed by atoms with Gasteiger partial charge in [0, 0.05) is 11.6 Å². The van der Waals surface area contributed by atoms with E-state index >= 15 is 0 Å². The second-order valence-electron chi connectivity index (χ2n) is 5.96. The van der Waals surface area contributed by atoms with Crippen LogP contribution in [0, 0.1) is 18.8 Å². The molecule has 0 radical (unpaired) electrons. The van der Waals surface area contributed by atoms with Crippen LogP contribution in [-0.2, 0) is 0 Å². The number of hydrogen-bond acceptors (Lipinski definition) is 2. The summed E-state index contributed by atoms with van der Waals surface area (Å²) in [5.41, 5.74) is 2.65. The fourth-order valence-corrected chi connectivity index (χ4v) is 3.40. The zero-order valence-electron chi connectivity index (χ0n) is 12.7. The summed E-state index contributed by atoms with van der Waals surface area (Å²) in [7, 11) is 1.77. The topological polar surface area (TPSA) is 21.3 Å². The molecule has 19 heavy (non-hydrogen) atoms. The van der Waals surface area contributed by atoms with Crippen molar-refractivity contribution in [3.05, 3.63) is 29.3 Å². The lowest BCUT2D eigenvalue weighted by molar-refractivity contribution is 0.343. The molecule has 2 heteroatoms. The van der Waals surface area contributed by atoms with Crippen LogP contribution in [0.1, 0.15) is 50.3 Å². The highest BCUT2D eigenvalue weighted by atomic mass is 16.5. The molecule has 1 aromatic rings. The van der Waals surface area contributed by atoms with Crippen molar-refractivity contribution in [1.29, 1.82) is 0 Å². The number of aryl methyl sites for hydroxylation is 1. The van der Waals surface area contributed by atoms with Gasteiger partial charge in [0.15, 0.2) is 0 Å². The van der Waals surface area contributed by atoms with Crippen LogP contribution in [0.15, 0.2) is 18.2 Å². The molecule has 0 heterocycles. The van der Waals surface area contributed by atoms with Crippen molar-refractivity contribution in [3.8, 4) is 5.75 Å². The molecule has 3 atom stereocenters. The predicted molar refractivity (Wildman–Crippen MR) is 80.7 cm³/mol. The molecule has 0 bridgehead atoms. The highest BCUT2D eigenvalue weighted by molar-refractivity contribution is 5.39. The van der Waals surface area contributed by atoms with E-state index in [0.29, 0.717) is 6.04 Å². The number of hydrogen-bond donors (Lipinski definition) is 1. The Morgan fingerprint density at radius 1 is 1.37 bits per heavy atom. The van der Waals surface area contributed by atoms with Crippen molar-refractivity contribution in [2.75, 3.05) is 13.7 Å². The Morgan fingerprint density at radius 2 is 2.16 bits per heavy atom. The van der Waals surface area contributed by atoms with Crippen LogP contribution in [-0.4, -0.2) is 13.7 Å². The van der Waals surface area contributed by atoms with Crippen LogP contribution in [0.4, 0.5) is 0 Å². The molecule has 1 fully saturated rings. The van der Waals surface area contributed by atoms with Gasteiger partial charge in [-0.2, -0.15) is 0 Å². The lowest BCUT2D eigenvalue weighted by Crippen LogP contribution is -2.27. The maximum absolute atomic E-state index is 5.57. The molecular formula is C17H27NO. The minimum Gasteiger partial charge on any atom is -0.496 e. The molecule has 106 valence electrons. The SMILES string of the molecule is CCNC(c1cc(C)ccc1OC)C1CCC(C)C1. The van der Waals surface area contributed by atoms with Crippen LogP contribution in [0.25, 0.3) is 0 Å². The van der Waals surface area contributed by atoms with Crippen molar-refractivity contribution in [2.45, 2.75) is 46.1 Å². The second-order valence-corrected chi connectivity index (χ2v) is 5.96. The van der Waals surface area contributed by atoms with Crippen molar-refractivity contribution >= 4 is 0 Å². The third kappa shape index (κ3) is 3.30. The summed E-state index contributed by atoms with van der Waals surface area (Å²) in [6.45, 7) is 7.72. The van der Waals surface area contributed by atoms with Gasteiger partial charge in [0.2, 0.25) is 0 Å². The van der Waals surface area contributed by atoms with E-state index in [2.05, 4.69) is 44.3 Å². The normalized spacial score (nSPS) is 24.4. The minimum absolute atomic E-state index is 0.435. The van der Waals surface area contributed by atoms with Gasteiger partial charge in [-0.15, -0.1) is 0 Å². The lowest BCUT2D eigenvalue weighted by Gasteiger charge is -2.27. The molecule has 0 aromatic heterocycles. The molecule has 1 N–H and O–H groups in total. The lowest BCUT2D eigenvalue weighted by atomic mass is 9.89. The van der Waals surface area contributed by atoms with Gasteiger partial charge < -0.3 is 10.1 Å². The van der Waals surface area contributed by atoms with Crippen molar-refractivity contribution < 1.29 is 4.74 Å². The van der Waals surface area contributed by atoms with Crippen molar-refractivity contribution in [1.82, 2.24) is 5.32 Å². The summed E-state index contributed by atoms with van der Waals surface area (Å²) in [6, 6.07) is 6.95. The van der Waals surface area contributed by atoms with Crippen molar-refractivity contribution in [3.63, 3.8) is 0 Å². The Hall–Kier alpha value is -1.02. The number of nitrogens with one attached hydrogen (secondary N) is 1. The van der Waals surface area contributed by atoms with Crippen LogP contribution < -0.4 is 10.1 Å². The Morgan fingerprint density at radius 3 is 2.74 bits per heavy atom. The first-order chi connectivity index (χ1) is 9.15. The quantitative estimate of drug-likeness (QED) is 0.862.